The van der Waals surface area contributed by atoms with Gasteiger partial charge in [-0.3, -0.25) is 10.1 Å². The van der Waals surface area contributed by atoms with Gasteiger partial charge in [-0.1, -0.05) is 23.8 Å². The first-order valence-corrected chi connectivity index (χ1v) is 6.21. The van der Waals surface area contributed by atoms with Crippen LogP contribution in [0.5, 0.6) is 0 Å². The Bertz CT molecular complexity index is 656. The Labute approximate surface area is 116 Å². The van der Waals surface area contributed by atoms with Crippen molar-refractivity contribution in [2.24, 2.45) is 0 Å². The molecule has 0 bridgehead atoms. The van der Waals surface area contributed by atoms with Crippen molar-refractivity contribution < 1.29 is 9.31 Å². The molecule has 0 aromatic heterocycles. The van der Waals surface area contributed by atoms with Gasteiger partial charge in [0.15, 0.2) is 0 Å². The van der Waals surface area contributed by atoms with E-state index in [9.17, 15) is 14.5 Å². The molecule has 1 N–H and O–H groups in total. The summed E-state index contributed by atoms with van der Waals surface area (Å²) in [5, 5.41) is 13.9. The smallest absolute Gasteiger partial charge is 0.295 e. The summed E-state index contributed by atoms with van der Waals surface area (Å²) in [5.41, 5.74) is 3.35. The number of nitrogens with one attached hydrogen (secondary N) is 1. The number of nitro benzene ring substituents is 1. The molecule has 5 heteroatoms. The summed E-state index contributed by atoms with van der Waals surface area (Å²) in [4.78, 5) is 10.3. The Morgan fingerprint density at radius 2 is 1.95 bits per heavy atom. The molecule has 0 saturated carbocycles. The third-order valence-corrected chi connectivity index (χ3v) is 3.13. The van der Waals surface area contributed by atoms with Crippen molar-refractivity contribution in [2.75, 3.05) is 5.32 Å². The van der Waals surface area contributed by atoms with Gasteiger partial charge in [0, 0.05) is 6.54 Å². The van der Waals surface area contributed by atoms with Crippen LogP contribution >= 0.6 is 0 Å². The third kappa shape index (κ3) is 3.12. The number of anilines is 1. The summed E-state index contributed by atoms with van der Waals surface area (Å²) in [6.45, 7) is 4.43. The number of hydrogen-bond acceptors (Lipinski definition) is 3. The van der Waals surface area contributed by atoms with Gasteiger partial charge in [0.05, 0.1) is 11.0 Å². The first-order chi connectivity index (χ1) is 9.47. The summed E-state index contributed by atoms with van der Waals surface area (Å²) in [6, 6.07) is 9.56. The lowest BCUT2D eigenvalue weighted by molar-refractivity contribution is -0.384. The predicted octanol–water partition coefficient (Wildman–Crippen LogP) is 3.96. The number of nitro groups is 1. The van der Waals surface area contributed by atoms with E-state index in [0.29, 0.717) is 12.2 Å². The summed E-state index contributed by atoms with van der Waals surface area (Å²) >= 11 is 0. The predicted molar refractivity (Wildman–Crippen MR) is 76.3 cm³/mol. The molecule has 0 aliphatic heterocycles. The second kappa shape index (κ2) is 5.69. The van der Waals surface area contributed by atoms with Gasteiger partial charge in [-0.05, 0) is 37.1 Å². The number of hydrogen-bond donors (Lipinski definition) is 1. The third-order valence-electron chi connectivity index (χ3n) is 3.13. The van der Waals surface area contributed by atoms with Gasteiger partial charge in [0.25, 0.3) is 5.69 Å². The molecule has 20 heavy (non-hydrogen) atoms. The minimum atomic E-state index is -0.617. The molecule has 0 saturated heterocycles. The Morgan fingerprint density at radius 3 is 2.65 bits per heavy atom. The summed E-state index contributed by atoms with van der Waals surface area (Å²) in [7, 11) is 0. The molecular weight excluding hydrogens is 259 g/mol. The van der Waals surface area contributed by atoms with E-state index in [1.54, 1.807) is 0 Å². The van der Waals surface area contributed by atoms with Gasteiger partial charge in [0.2, 0.25) is 0 Å². The fourth-order valence-corrected chi connectivity index (χ4v) is 1.99. The Kier molecular flexibility index (Phi) is 3.98. The molecule has 0 aliphatic carbocycles. The molecule has 2 rings (SSSR count). The molecule has 0 radical (unpaired) electrons. The van der Waals surface area contributed by atoms with Gasteiger partial charge >= 0.3 is 0 Å². The second-order valence-electron chi connectivity index (χ2n) is 4.70. The zero-order valence-corrected chi connectivity index (χ0v) is 11.3. The summed E-state index contributed by atoms with van der Waals surface area (Å²) in [6.07, 6.45) is 0. The Balaban J connectivity index is 2.23. The number of nitrogens with zero attached hydrogens (tertiary/aromatic N) is 1. The lowest BCUT2D eigenvalue weighted by Gasteiger charge is -2.10. The molecule has 0 unspecified atom stereocenters. The van der Waals surface area contributed by atoms with Crippen molar-refractivity contribution in [3.63, 3.8) is 0 Å². The highest BCUT2D eigenvalue weighted by Gasteiger charge is 2.14. The Morgan fingerprint density at radius 1 is 1.20 bits per heavy atom. The van der Waals surface area contributed by atoms with Gasteiger partial charge in [-0.2, -0.15) is 0 Å². The number of aryl methyl sites for hydroxylation is 2. The van der Waals surface area contributed by atoms with Crippen molar-refractivity contribution in [2.45, 2.75) is 20.4 Å². The van der Waals surface area contributed by atoms with Crippen LogP contribution in [0.3, 0.4) is 0 Å². The molecule has 0 atom stereocenters. The summed E-state index contributed by atoms with van der Waals surface area (Å²) < 4.78 is 13.1. The minimum Gasteiger partial charge on any atom is -0.375 e. The molecule has 0 heterocycles. The van der Waals surface area contributed by atoms with Crippen LogP contribution in [0.25, 0.3) is 0 Å². The molecule has 4 nitrogen and oxygen atoms in total. The van der Waals surface area contributed by atoms with E-state index in [4.69, 9.17) is 0 Å². The maximum absolute atomic E-state index is 13.1. The highest BCUT2D eigenvalue weighted by atomic mass is 19.1. The Hall–Kier alpha value is -2.43. The quantitative estimate of drug-likeness (QED) is 0.678. The van der Waals surface area contributed by atoms with Crippen LogP contribution in [-0.2, 0) is 6.54 Å². The maximum Gasteiger partial charge on any atom is 0.295 e. The van der Waals surface area contributed by atoms with Crippen molar-refractivity contribution in [1.82, 2.24) is 0 Å². The van der Waals surface area contributed by atoms with E-state index in [2.05, 4.69) is 5.32 Å². The highest BCUT2D eigenvalue weighted by Crippen LogP contribution is 2.25. The van der Waals surface area contributed by atoms with E-state index in [1.807, 2.05) is 32.0 Å². The highest BCUT2D eigenvalue weighted by molar-refractivity contribution is 5.61. The largest absolute Gasteiger partial charge is 0.375 e. The number of benzene rings is 2. The van der Waals surface area contributed by atoms with Crippen LogP contribution in [-0.4, -0.2) is 4.92 Å². The van der Waals surface area contributed by atoms with Crippen molar-refractivity contribution >= 4 is 11.4 Å². The zero-order chi connectivity index (χ0) is 14.7. The lowest BCUT2D eigenvalue weighted by Crippen LogP contribution is -2.04. The molecular formula is C15H15FN2O2. The van der Waals surface area contributed by atoms with Gasteiger partial charge < -0.3 is 5.32 Å². The molecule has 0 aliphatic rings. The van der Waals surface area contributed by atoms with E-state index in [1.165, 1.54) is 12.1 Å². The van der Waals surface area contributed by atoms with Gasteiger partial charge in [-0.15, -0.1) is 0 Å². The molecule has 2 aromatic rings. The van der Waals surface area contributed by atoms with Crippen LogP contribution < -0.4 is 5.32 Å². The molecule has 0 amide bonds. The molecule has 2 aromatic carbocycles. The molecule has 0 spiro atoms. The fraction of sp³-hybridized carbons (Fsp3) is 0.200. The normalized spacial score (nSPS) is 10.3. The first-order valence-electron chi connectivity index (χ1n) is 6.21. The average Bonchev–Trinajstić information content (AvgIpc) is 2.40. The van der Waals surface area contributed by atoms with E-state index in [0.717, 1.165) is 22.8 Å². The number of rotatable bonds is 4. The monoisotopic (exact) mass is 274 g/mol. The van der Waals surface area contributed by atoms with E-state index < -0.39 is 10.7 Å². The van der Waals surface area contributed by atoms with E-state index in [-0.39, 0.29) is 5.69 Å². The summed E-state index contributed by atoms with van der Waals surface area (Å²) in [5.74, 6) is -0.617. The molecule has 0 fully saturated rings. The second-order valence-corrected chi connectivity index (χ2v) is 4.70. The lowest BCUT2D eigenvalue weighted by atomic mass is 10.1. The van der Waals surface area contributed by atoms with Crippen LogP contribution in [0, 0.1) is 29.8 Å². The first kappa shape index (κ1) is 14.0. The van der Waals surface area contributed by atoms with Crippen molar-refractivity contribution in [1.29, 1.82) is 0 Å². The minimum absolute atomic E-state index is 0.254. The van der Waals surface area contributed by atoms with Crippen LogP contribution in [0.15, 0.2) is 36.4 Å². The topological polar surface area (TPSA) is 55.2 Å². The molecule has 104 valence electrons. The van der Waals surface area contributed by atoms with E-state index >= 15 is 0 Å². The van der Waals surface area contributed by atoms with Crippen LogP contribution in [0.2, 0.25) is 0 Å². The van der Waals surface area contributed by atoms with Crippen molar-refractivity contribution in [3.05, 3.63) is 69.0 Å². The SMILES string of the molecule is Cc1ccc(C)c(CNc2ccc(F)cc2[N+](=O)[O-])c1. The van der Waals surface area contributed by atoms with Crippen LogP contribution in [0.4, 0.5) is 15.8 Å². The fourth-order valence-electron chi connectivity index (χ4n) is 1.99. The van der Waals surface area contributed by atoms with Gasteiger partial charge in [0.1, 0.15) is 11.5 Å². The van der Waals surface area contributed by atoms with Gasteiger partial charge in [-0.25, -0.2) is 4.39 Å². The maximum atomic E-state index is 13.1. The average molecular weight is 274 g/mol. The van der Waals surface area contributed by atoms with Crippen molar-refractivity contribution in [3.8, 4) is 0 Å². The van der Waals surface area contributed by atoms with Crippen LogP contribution in [0.1, 0.15) is 16.7 Å². The number of halogens is 1. The standard InChI is InChI=1S/C15H15FN2O2/c1-10-3-4-11(2)12(7-10)9-17-14-6-5-13(16)8-15(14)18(19)20/h3-8,17H,9H2,1-2H3. The zero-order valence-electron chi connectivity index (χ0n) is 11.3.